The molecule has 1 saturated heterocycles. The summed E-state index contributed by atoms with van der Waals surface area (Å²) in [6.07, 6.45) is 2.05. The van der Waals surface area contributed by atoms with E-state index < -0.39 is 29.9 Å². The minimum absolute atomic E-state index is 0.0444. The van der Waals surface area contributed by atoms with Gasteiger partial charge in [-0.15, -0.1) is 0 Å². The van der Waals surface area contributed by atoms with Gasteiger partial charge in [-0.25, -0.2) is 24.5 Å². The molecule has 1 amide bonds. The highest BCUT2D eigenvalue weighted by Crippen LogP contribution is 2.37. The zero-order valence-corrected chi connectivity index (χ0v) is 19.9. The third-order valence-corrected chi connectivity index (χ3v) is 5.77. The van der Waals surface area contributed by atoms with Gasteiger partial charge >= 0.3 is 12.1 Å². The molecule has 0 unspecified atom stereocenters. The third-order valence-electron chi connectivity index (χ3n) is 5.77. The Labute approximate surface area is 205 Å². The predicted molar refractivity (Wildman–Crippen MR) is 121 cm³/mol. The van der Waals surface area contributed by atoms with Gasteiger partial charge < -0.3 is 27.8 Å². The number of aliphatic imine (C=N–C) groups is 1. The number of hydrogen-bond donors (Lipinski definition) is 0. The molecule has 0 spiro atoms. The van der Waals surface area contributed by atoms with Crippen molar-refractivity contribution >= 4 is 18.0 Å². The number of esters is 1. The van der Waals surface area contributed by atoms with Crippen LogP contribution in [0.15, 0.2) is 56.7 Å². The minimum Gasteiger partial charge on any atom is -0.473 e. The Morgan fingerprint density at radius 2 is 1.86 bits per heavy atom. The smallest absolute Gasteiger partial charge is 0.413 e. The van der Waals surface area contributed by atoms with Crippen molar-refractivity contribution in [1.29, 1.82) is 0 Å². The largest absolute Gasteiger partial charge is 0.473 e. The summed E-state index contributed by atoms with van der Waals surface area (Å²) in [5.74, 6) is 0.0884. The van der Waals surface area contributed by atoms with Gasteiger partial charge in [-0.05, 0) is 19.4 Å². The Morgan fingerprint density at radius 3 is 2.64 bits per heavy atom. The quantitative estimate of drug-likeness (QED) is 0.466. The molecule has 2 atom stereocenters. The molecular formula is C24H24N4O8. The monoisotopic (exact) mass is 496 g/mol. The van der Waals surface area contributed by atoms with E-state index in [0.29, 0.717) is 5.69 Å². The van der Waals surface area contributed by atoms with Crippen LogP contribution < -0.4 is 0 Å². The van der Waals surface area contributed by atoms with E-state index in [1.165, 1.54) is 24.5 Å². The number of nitrogens with zero attached hydrogens (tertiary/aromatic N) is 4. The van der Waals surface area contributed by atoms with Crippen LogP contribution >= 0.6 is 0 Å². The van der Waals surface area contributed by atoms with Crippen molar-refractivity contribution in [3.63, 3.8) is 0 Å². The van der Waals surface area contributed by atoms with E-state index >= 15 is 0 Å². The van der Waals surface area contributed by atoms with Crippen molar-refractivity contribution < 1.29 is 37.4 Å². The number of carbonyl (C=O) groups excluding carboxylic acids is 2. The third kappa shape index (κ3) is 4.54. The summed E-state index contributed by atoms with van der Waals surface area (Å²) in [6.45, 7) is 4.00. The summed E-state index contributed by atoms with van der Waals surface area (Å²) in [7, 11) is 1.26. The SMILES string of the molecule is COC(=O)c1coc([C@@H]2COC(c3coc([C@@H]4COC(C)(C)N4C(=O)OCc4ccccc4)n3)=N2)n1. The summed E-state index contributed by atoms with van der Waals surface area (Å²) in [4.78, 5) is 39.1. The number of methoxy groups -OCH3 is 1. The second-order valence-corrected chi connectivity index (χ2v) is 8.58. The number of benzene rings is 1. The van der Waals surface area contributed by atoms with Gasteiger partial charge in [-0.3, -0.25) is 4.90 Å². The highest BCUT2D eigenvalue weighted by Gasteiger charge is 2.48. The summed E-state index contributed by atoms with van der Waals surface area (Å²) < 4.78 is 32.7. The van der Waals surface area contributed by atoms with Crippen LogP contribution in [0.5, 0.6) is 0 Å². The van der Waals surface area contributed by atoms with E-state index in [-0.39, 0.29) is 43.2 Å². The van der Waals surface area contributed by atoms with E-state index in [1.807, 2.05) is 30.3 Å². The molecule has 36 heavy (non-hydrogen) atoms. The summed E-state index contributed by atoms with van der Waals surface area (Å²) in [5.41, 5.74) is 0.328. The van der Waals surface area contributed by atoms with Crippen LogP contribution in [0, 0.1) is 0 Å². The molecule has 0 radical (unpaired) electrons. The van der Waals surface area contributed by atoms with Gasteiger partial charge in [0, 0.05) is 0 Å². The van der Waals surface area contributed by atoms with Crippen LogP contribution in [-0.4, -0.2) is 58.9 Å². The first-order valence-corrected chi connectivity index (χ1v) is 11.2. The molecule has 0 bridgehead atoms. The first-order chi connectivity index (χ1) is 17.4. The molecule has 0 N–H and O–H groups in total. The lowest BCUT2D eigenvalue weighted by Crippen LogP contribution is -2.45. The lowest BCUT2D eigenvalue weighted by Gasteiger charge is -2.31. The molecule has 1 fully saturated rings. The van der Waals surface area contributed by atoms with E-state index in [9.17, 15) is 9.59 Å². The topological polar surface area (TPSA) is 139 Å². The second-order valence-electron chi connectivity index (χ2n) is 8.58. The van der Waals surface area contributed by atoms with Gasteiger partial charge in [0.1, 0.15) is 37.5 Å². The molecular weight excluding hydrogens is 472 g/mol. The normalized spacial score (nSPS) is 20.6. The molecule has 4 heterocycles. The maximum atomic E-state index is 13.0. The predicted octanol–water partition coefficient (Wildman–Crippen LogP) is 3.41. The van der Waals surface area contributed by atoms with E-state index in [4.69, 9.17) is 23.0 Å². The number of rotatable bonds is 6. The Bertz CT molecular complexity index is 1280. The van der Waals surface area contributed by atoms with Crippen molar-refractivity contribution in [1.82, 2.24) is 14.9 Å². The Morgan fingerprint density at radius 1 is 1.08 bits per heavy atom. The summed E-state index contributed by atoms with van der Waals surface area (Å²) in [5, 5.41) is 0. The summed E-state index contributed by atoms with van der Waals surface area (Å²) in [6, 6.07) is 8.23. The van der Waals surface area contributed by atoms with Crippen LogP contribution in [0.3, 0.4) is 0 Å². The number of hydrogen-bond acceptors (Lipinski definition) is 11. The molecule has 0 saturated carbocycles. The van der Waals surface area contributed by atoms with Crippen LogP contribution in [0.1, 0.15) is 59.5 Å². The highest BCUT2D eigenvalue weighted by molar-refractivity contribution is 5.93. The highest BCUT2D eigenvalue weighted by atomic mass is 16.6. The number of aromatic nitrogens is 2. The molecule has 5 rings (SSSR count). The van der Waals surface area contributed by atoms with Gasteiger partial charge in [0.25, 0.3) is 0 Å². The Balaban J connectivity index is 1.30. The van der Waals surface area contributed by atoms with Crippen LogP contribution in [0.25, 0.3) is 0 Å². The molecule has 12 heteroatoms. The van der Waals surface area contributed by atoms with Gasteiger partial charge in [0.15, 0.2) is 17.4 Å². The Hall–Kier alpha value is -4.19. The van der Waals surface area contributed by atoms with Gasteiger partial charge in [0.05, 0.1) is 13.7 Å². The zero-order chi connectivity index (χ0) is 25.3. The van der Waals surface area contributed by atoms with Gasteiger partial charge in [-0.1, -0.05) is 30.3 Å². The maximum Gasteiger partial charge on any atom is 0.413 e. The fourth-order valence-corrected chi connectivity index (χ4v) is 3.94. The van der Waals surface area contributed by atoms with Crippen molar-refractivity contribution in [2.75, 3.05) is 20.3 Å². The lowest BCUT2D eigenvalue weighted by molar-refractivity contribution is -0.0500. The molecule has 2 aromatic heterocycles. The molecule has 2 aliphatic rings. The van der Waals surface area contributed by atoms with Gasteiger partial charge in [0.2, 0.25) is 17.7 Å². The average Bonchev–Trinajstić information content (AvgIpc) is 3.67. The maximum absolute atomic E-state index is 13.0. The molecule has 188 valence electrons. The first kappa shape index (κ1) is 23.5. The number of ether oxygens (including phenoxy) is 4. The second kappa shape index (κ2) is 9.46. The lowest BCUT2D eigenvalue weighted by atomic mass is 10.2. The van der Waals surface area contributed by atoms with Crippen LogP contribution in [0.4, 0.5) is 4.79 Å². The van der Waals surface area contributed by atoms with Crippen LogP contribution in [0.2, 0.25) is 0 Å². The molecule has 2 aliphatic heterocycles. The van der Waals surface area contributed by atoms with Crippen molar-refractivity contribution in [2.45, 2.75) is 38.3 Å². The standard InChI is InChI=1S/C24H24N4O8/c1-24(2)28(23(30)35-9-14-7-5-4-6-8-14)18(13-36-24)21-26-16(11-34-21)19-25-15(10-32-19)20-27-17(12-33-20)22(29)31-3/h4-8,11-12,15,18H,9-10,13H2,1-3H3/t15-,18-/m0/s1. The average molecular weight is 496 g/mol. The molecule has 0 aliphatic carbocycles. The van der Waals surface area contributed by atoms with E-state index in [1.54, 1.807) is 13.8 Å². The van der Waals surface area contributed by atoms with Crippen LogP contribution in [-0.2, 0) is 25.6 Å². The fourth-order valence-electron chi connectivity index (χ4n) is 3.94. The zero-order valence-electron chi connectivity index (χ0n) is 19.9. The minimum atomic E-state index is -0.929. The first-order valence-electron chi connectivity index (χ1n) is 11.2. The number of amides is 1. The molecule has 1 aromatic carbocycles. The van der Waals surface area contributed by atoms with E-state index in [2.05, 4.69) is 19.7 Å². The Kier molecular flexibility index (Phi) is 6.18. The van der Waals surface area contributed by atoms with Crippen molar-refractivity contribution in [3.05, 3.63) is 71.6 Å². The van der Waals surface area contributed by atoms with Gasteiger partial charge in [-0.2, -0.15) is 0 Å². The van der Waals surface area contributed by atoms with E-state index in [0.717, 1.165) is 5.56 Å². The van der Waals surface area contributed by atoms with Crippen molar-refractivity contribution in [2.24, 2.45) is 4.99 Å². The fraction of sp³-hybridized carbons (Fsp3) is 0.375. The number of oxazole rings is 2. The molecule has 12 nitrogen and oxygen atoms in total. The summed E-state index contributed by atoms with van der Waals surface area (Å²) >= 11 is 0. The number of carbonyl (C=O) groups is 2. The molecule has 3 aromatic rings. The van der Waals surface area contributed by atoms with Crippen molar-refractivity contribution in [3.8, 4) is 0 Å².